The molecule has 1 heterocycles. The van der Waals surface area contributed by atoms with Gasteiger partial charge < -0.3 is 5.32 Å². The molecule has 1 aromatic heterocycles. The Morgan fingerprint density at radius 2 is 2.15 bits per heavy atom. The van der Waals surface area contributed by atoms with E-state index in [1.807, 2.05) is 17.8 Å². The number of aromatic nitrogens is 2. The summed E-state index contributed by atoms with van der Waals surface area (Å²) in [5, 5.41) is 17.8. The number of nitriles is 1. The molecule has 0 atom stereocenters. The highest BCUT2D eigenvalue weighted by Gasteiger charge is 2.25. The van der Waals surface area contributed by atoms with Gasteiger partial charge in [0.05, 0.1) is 22.0 Å². The minimum absolute atomic E-state index is 0.0448. The molecule has 0 aliphatic carbocycles. The minimum atomic E-state index is 0.0448. The molecular formula is C15H19ClN4. The van der Waals surface area contributed by atoms with Gasteiger partial charge in [-0.05, 0) is 23.5 Å². The van der Waals surface area contributed by atoms with Crippen LogP contribution in [0.2, 0.25) is 5.02 Å². The molecule has 0 unspecified atom stereocenters. The van der Waals surface area contributed by atoms with Gasteiger partial charge in [0, 0.05) is 7.05 Å². The van der Waals surface area contributed by atoms with Gasteiger partial charge in [0.15, 0.2) is 5.82 Å². The number of anilines is 1. The first-order valence-electron chi connectivity index (χ1n) is 6.69. The SMILES string of the molecule is CCC(C)(C)c1ccc(Cl)c2c(NCC#N)nn(C)c12. The number of aryl methyl sites for hydroxylation is 1. The van der Waals surface area contributed by atoms with Crippen LogP contribution in [0.1, 0.15) is 32.8 Å². The smallest absolute Gasteiger partial charge is 0.158 e. The summed E-state index contributed by atoms with van der Waals surface area (Å²) in [6.45, 7) is 6.81. The van der Waals surface area contributed by atoms with E-state index in [4.69, 9.17) is 16.9 Å². The fourth-order valence-corrected chi connectivity index (χ4v) is 2.60. The van der Waals surface area contributed by atoms with E-state index in [9.17, 15) is 0 Å². The molecule has 1 aromatic carbocycles. The van der Waals surface area contributed by atoms with Crippen LogP contribution in [0.4, 0.5) is 5.82 Å². The molecule has 0 aliphatic rings. The summed E-state index contributed by atoms with van der Waals surface area (Å²) in [6.07, 6.45) is 1.02. The van der Waals surface area contributed by atoms with E-state index in [0.717, 1.165) is 17.3 Å². The zero-order valence-electron chi connectivity index (χ0n) is 12.3. The van der Waals surface area contributed by atoms with Crippen LogP contribution in [-0.2, 0) is 12.5 Å². The molecule has 2 rings (SSSR count). The minimum Gasteiger partial charge on any atom is -0.355 e. The molecule has 0 amide bonds. The number of hydrogen-bond donors (Lipinski definition) is 1. The largest absolute Gasteiger partial charge is 0.355 e. The maximum absolute atomic E-state index is 8.72. The molecule has 4 nitrogen and oxygen atoms in total. The predicted molar refractivity (Wildman–Crippen MR) is 83.1 cm³/mol. The standard InChI is InChI=1S/C15H19ClN4/c1-5-15(2,3)10-6-7-11(16)12-13(10)20(4)19-14(12)18-9-8-17/h6-7H,5,9H2,1-4H3,(H,18,19). The van der Waals surface area contributed by atoms with Crippen molar-refractivity contribution in [3.63, 3.8) is 0 Å². The third-order valence-electron chi connectivity index (χ3n) is 3.89. The highest BCUT2D eigenvalue weighted by molar-refractivity contribution is 6.36. The van der Waals surface area contributed by atoms with Crippen molar-refractivity contribution >= 4 is 28.3 Å². The van der Waals surface area contributed by atoms with Crippen LogP contribution in [0.5, 0.6) is 0 Å². The fourth-order valence-electron chi connectivity index (χ4n) is 2.36. The van der Waals surface area contributed by atoms with Crippen LogP contribution in [0.25, 0.3) is 10.9 Å². The van der Waals surface area contributed by atoms with Crippen LogP contribution in [0.3, 0.4) is 0 Å². The monoisotopic (exact) mass is 290 g/mol. The molecule has 20 heavy (non-hydrogen) atoms. The molecule has 0 bridgehead atoms. The highest BCUT2D eigenvalue weighted by atomic mass is 35.5. The Kier molecular flexibility index (Phi) is 3.92. The van der Waals surface area contributed by atoms with Crippen molar-refractivity contribution in [1.82, 2.24) is 9.78 Å². The van der Waals surface area contributed by atoms with Crippen LogP contribution in [0, 0.1) is 11.3 Å². The van der Waals surface area contributed by atoms with E-state index in [0.29, 0.717) is 10.8 Å². The van der Waals surface area contributed by atoms with Crippen molar-refractivity contribution in [3.8, 4) is 6.07 Å². The van der Waals surface area contributed by atoms with Gasteiger partial charge in [0.2, 0.25) is 0 Å². The van der Waals surface area contributed by atoms with Gasteiger partial charge in [-0.15, -0.1) is 0 Å². The molecular weight excluding hydrogens is 272 g/mol. The number of nitrogens with one attached hydrogen (secondary N) is 1. The van der Waals surface area contributed by atoms with E-state index < -0.39 is 0 Å². The molecule has 5 heteroatoms. The van der Waals surface area contributed by atoms with Gasteiger partial charge in [0.25, 0.3) is 0 Å². The van der Waals surface area contributed by atoms with Crippen molar-refractivity contribution in [2.45, 2.75) is 32.6 Å². The average Bonchev–Trinajstić information content (AvgIpc) is 2.75. The van der Waals surface area contributed by atoms with Crippen molar-refractivity contribution in [2.24, 2.45) is 7.05 Å². The molecule has 2 aromatic rings. The molecule has 1 N–H and O–H groups in total. The summed E-state index contributed by atoms with van der Waals surface area (Å²) in [5.74, 6) is 0.669. The summed E-state index contributed by atoms with van der Waals surface area (Å²) in [4.78, 5) is 0. The molecule has 0 aliphatic heterocycles. The lowest BCUT2D eigenvalue weighted by atomic mass is 9.81. The fraction of sp³-hybridized carbons (Fsp3) is 0.467. The Morgan fingerprint density at radius 3 is 2.75 bits per heavy atom. The van der Waals surface area contributed by atoms with Gasteiger partial charge in [0.1, 0.15) is 6.54 Å². The number of halogens is 1. The molecule has 0 saturated heterocycles. The summed E-state index contributed by atoms with van der Waals surface area (Å²) in [7, 11) is 1.91. The van der Waals surface area contributed by atoms with E-state index in [1.165, 1.54) is 5.56 Å². The highest BCUT2D eigenvalue weighted by Crippen LogP contribution is 2.38. The first kappa shape index (κ1) is 14.7. The predicted octanol–water partition coefficient (Wildman–Crippen LogP) is 3.85. The third-order valence-corrected chi connectivity index (χ3v) is 4.20. The molecule has 0 radical (unpaired) electrons. The lowest BCUT2D eigenvalue weighted by molar-refractivity contribution is 0.507. The van der Waals surface area contributed by atoms with Gasteiger partial charge in [-0.25, -0.2) is 0 Å². The normalized spacial score (nSPS) is 11.6. The summed E-state index contributed by atoms with van der Waals surface area (Å²) in [6, 6.07) is 6.05. The van der Waals surface area contributed by atoms with E-state index in [2.05, 4.69) is 43.3 Å². The van der Waals surface area contributed by atoms with Crippen LogP contribution in [0.15, 0.2) is 12.1 Å². The van der Waals surface area contributed by atoms with Crippen LogP contribution >= 0.6 is 11.6 Å². The Balaban J connectivity index is 2.73. The molecule has 0 spiro atoms. The Bertz CT molecular complexity index is 679. The van der Waals surface area contributed by atoms with Gasteiger partial charge in [-0.1, -0.05) is 38.4 Å². The van der Waals surface area contributed by atoms with Crippen LogP contribution in [-0.4, -0.2) is 16.3 Å². The summed E-state index contributed by atoms with van der Waals surface area (Å²) in [5.41, 5.74) is 2.30. The first-order valence-corrected chi connectivity index (χ1v) is 7.06. The summed E-state index contributed by atoms with van der Waals surface area (Å²) < 4.78 is 1.84. The lowest BCUT2D eigenvalue weighted by Gasteiger charge is -2.24. The third kappa shape index (κ3) is 2.34. The molecule has 0 saturated carbocycles. The Hall–Kier alpha value is -1.73. The number of benzene rings is 1. The zero-order chi connectivity index (χ0) is 14.9. The van der Waals surface area contributed by atoms with Gasteiger partial charge in [-0.2, -0.15) is 10.4 Å². The molecule has 106 valence electrons. The quantitative estimate of drug-likeness (QED) is 0.870. The molecule has 0 fully saturated rings. The van der Waals surface area contributed by atoms with Crippen molar-refractivity contribution in [1.29, 1.82) is 5.26 Å². The zero-order valence-corrected chi connectivity index (χ0v) is 13.0. The Labute approximate surface area is 124 Å². The van der Waals surface area contributed by atoms with E-state index >= 15 is 0 Å². The van der Waals surface area contributed by atoms with Crippen molar-refractivity contribution in [2.75, 3.05) is 11.9 Å². The second kappa shape index (κ2) is 5.34. The first-order chi connectivity index (χ1) is 9.42. The number of hydrogen-bond acceptors (Lipinski definition) is 3. The second-order valence-corrected chi connectivity index (χ2v) is 5.95. The number of rotatable bonds is 4. The maximum atomic E-state index is 8.72. The maximum Gasteiger partial charge on any atom is 0.158 e. The topological polar surface area (TPSA) is 53.6 Å². The van der Waals surface area contributed by atoms with Gasteiger partial charge in [-0.3, -0.25) is 4.68 Å². The summed E-state index contributed by atoms with van der Waals surface area (Å²) >= 11 is 6.34. The van der Waals surface area contributed by atoms with E-state index in [-0.39, 0.29) is 12.0 Å². The lowest BCUT2D eigenvalue weighted by Crippen LogP contribution is -2.17. The Morgan fingerprint density at radius 1 is 1.45 bits per heavy atom. The van der Waals surface area contributed by atoms with E-state index in [1.54, 1.807) is 0 Å². The van der Waals surface area contributed by atoms with Crippen molar-refractivity contribution < 1.29 is 0 Å². The second-order valence-electron chi connectivity index (χ2n) is 5.54. The number of nitrogens with zero attached hydrogens (tertiary/aromatic N) is 3. The average molecular weight is 291 g/mol. The van der Waals surface area contributed by atoms with Gasteiger partial charge >= 0.3 is 0 Å². The van der Waals surface area contributed by atoms with Crippen LogP contribution < -0.4 is 5.32 Å². The number of fused-ring (bicyclic) bond motifs is 1. The van der Waals surface area contributed by atoms with Crippen molar-refractivity contribution in [3.05, 3.63) is 22.7 Å².